The standard InChI is InChI=1S/C25H44O6S.Na/c1-5-17-21-14-16(26)8-11-25(21,4)20-9-12-24(3)18(6-7-19(24)22(20)23(17)27)15(2)10-13-31-32(28,29)30;/h15-23,26-27H,5-14H2,1-4H3,(H,28,29,30);/q;+1/p-1. The zero-order chi connectivity index (χ0) is 23.5. The van der Waals surface area contributed by atoms with Crippen LogP contribution in [0, 0.1) is 52.3 Å². The molecule has 0 radical (unpaired) electrons. The average molecular weight is 495 g/mol. The molecule has 2 N–H and O–H groups in total. The zero-order valence-electron chi connectivity index (χ0n) is 21.2. The van der Waals surface area contributed by atoms with Gasteiger partial charge in [-0.25, -0.2) is 8.42 Å². The van der Waals surface area contributed by atoms with Gasteiger partial charge in [0.05, 0.1) is 18.8 Å². The Balaban J connectivity index is 0.00000306. The second kappa shape index (κ2) is 10.3. The van der Waals surface area contributed by atoms with Gasteiger partial charge in [0.1, 0.15) is 0 Å². The first-order chi connectivity index (χ1) is 14.9. The van der Waals surface area contributed by atoms with Gasteiger partial charge < -0.3 is 14.8 Å². The van der Waals surface area contributed by atoms with Gasteiger partial charge in [-0.05, 0) is 104 Å². The summed E-state index contributed by atoms with van der Waals surface area (Å²) in [5.74, 6) is 2.69. The number of rotatable bonds is 6. The van der Waals surface area contributed by atoms with Crippen LogP contribution in [0.1, 0.15) is 85.5 Å². The summed E-state index contributed by atoms with van der Waals surface area (Å²) in [6.45, 7) is 9.17. The molecular formula is C25H43NaO6S. The van der Waals surface area contributed by atoms with E-state index in [4.69, 9.17) is 0 Å². The van der Waals surface area contributed by atoms with E-state index >= 15 is 0 Å². The fourth-order valence-electron chi connectivity index (χ4n) is 9.47. The van der Waals surface area contributed by atoms with Crippen LogP contribution in [-0.4, -0.2) is 42.0 Å². The Kier molecular flexibility index (Phi) is 8.83. The maximum absolute atomic E-state index is 11.7. The zero-order valence-corrected chi connectivity index (χ0v) is 24.0. The van der Waals surface area contributed by atoms with E-state index in [2.05, 4.69) is 31.9 Å². The van der Waals surface area contributed by atoms with Crippen LogP contribution in [0.15, 0.2) is 0 Å². The summed E-state index contributed by atoms with van der Waals surface area (Å²) >= 11 is 0. The maximum Gasteiger partial charge on any atom is 1.00 e. The summed E-state index contributed by atoms with van der Waals surface area (Å²) in [4.78, 5) is 0. The molecule has 11 atom stereocenters. The van der Waals surface area contributed by atoms with Crippen LogP contribution in [0.3, 0.4) is 0 Å². The first kappa shape index (κ1) is 28.4. The van der Waals surface area contributed by atoms with E-state index in [-0.39, 0.29) is 71.0 Å². The van der Waals surface area contributed by atoms with Crippen molar-refractivity contribution in [3.05, 3.63) is 0 Å². The second-order valence-electron chi connectivity index (χ2n) is 12.1. The molecule has 6 nitrogen and oxygen atoms in total. The molecule has 11 unspecified atom stereocenters. The molecule has 0 aromatic carbocycles. The van der Waals surface area contributed by atoms with Gasteiger partial charge in [-0.3, -0.25) is 4.18 Å². The Bertz CT molecular complexity index is 792. The van der Waals surface area contributed by atoms with E-state index < -0.39 is 10.4 Å². The van der Waals surface area contributed by atoms with Crippen molar-refractivity contribution < 1.29 is 56.9 Å². The van der Waals surface area contributed by atoms with Crippen LogP contribution in [0.2, 0.25) is 0 Å². The van der Waals surface area contributed by atoms with Gasteiger partial charge in [-0.1, -0.05) is 34.1 Å². The van der Waals surface area contributed by atoms with Gasteiger partial charge >= 0.3 is 29.6 Å². The summed E-state index contributed by atoms with van der Waals surface area (Å²) in [6.07, 6.45) is 8.26. The van der Waals surface area contributed by atoms with Crippen LogP contribution >= 0.6 is 0 Å². The Labute approximate surface area is 222 Å². The molecule has 0 heterocycles. The molecule has 0 aromatic heterocycles. The first-order valence-corrected chi connectivity index (χ1v) is 14.2. The molecule has 0 aliphatic heterocycles. The van der Waals surface area contributed by atoms with E-state index in [0.717, 1.165) is 51.4 Å². The van der Waals surface area contributed by atoms with Crippen molar-refractivity contribution in [3.8, 4) is 0 Å². The molecule has 33 heavy (non-hydrogen) atoms. The van der Waals surface area contributed by atoms with Crippen LogP contribution in [0.5, 0.6) is 0 Å². The molecule has 4 saturated carbocycles. The number of aliphatic hydroxyl groups is 2. The maximum atomic E-state index is 11.7. The van der Waals surface area contributed by atoms with Gasteiger partial charge in [0.25, 0.3) is 0 Å². The third kappa shape index (κ3) is 5.01. The molecule has 0 amide bonds. The number of aliphatic hydroxyl groups excluding tert-OH is 2. The largest absolute Gasteiger partial charge is 1.00 e. The number of hydrogen-bond acceptors (Lipinski definition) is 6. The monoisotopic (exact) mass is 494 g/mol. The van der Waals surface area contributed by atoms with Crippen LogP contribution in [-0.2, 0) is 14.6 Å². The molecule has 0 saturated heterocycles. The Morgan fingerprint density at radius 3 is 2.30 bits per heavy atom. The average Bonchev–Trinajstić information content (AvgIpc) is 3.06. The Hall–Kier alpha value is 0.790. The topological polar surface area (TPSA) is 107 Å². The quantitative estimate of drug-likeness (QED) is 0.326. The van der Waals surface area contributed by atoms with E-state index in [1.165, 1.54) is 0 Å². The second-order valence-corrected chi connectivity index (χ2v) is 13.2. The Morgan fingerprint density at radius 1 is 1.03 bits per heavy atom. The molecule has 4 aliphatic rings. The molecule has 0 aromatic rings. The molecule has 4 rings (SSSR count). The minimum Gasteiger partial charge on any atom is -0.726 e. The predicted molar refractivity (Wildman–Crippen MR) is 121 cm³/mol. The molecule has 8 heteroatoms. The fourth-order valence-corrected chi connectivity index (χ4v) is 9.77. The van der Waals surface area contributed by atoms with Gasteiger partial charge in [0.15, 0.2) is 0 Å². The molecule has 4 aliphatic carbocycles. The van der Waals surface area contributed by atoms with Crippen LogP contribution in [0.25, 0.3) is 0 Å². The Morgan fingerprint density at radius 2 is 1.67 bits per heavy atom. The van der Waals surface area contributed by atoms with Gasteiger partial charge in [0.2, 0.25) is 10.4 Å². The molecule has 0 bridgehead atoms. The van der Waals surface area contributed by atoms with Crippen molar-refractivity contribution in [2.75, 3.05) is 6.61 Å². The fraction of sp³-hybridized carbons (Fsp3) is 1.00. The van der Waals surface area contributed by atoms with Gasteiger partial charge in [0, 0.05) is 0 Å². The summed E-state index contributed by atoms with van der Waals surface area (Å²) < 4.78 is 37.0. The van der Waals surface area contributed by atoms with E-state index in [1.807, 2.05) is 0 Å². The van der Waals surface area contributed by atoms with Crippen molar-refractivity contribution in [2.45, 2.75) is 97.7 Å². The molecule has 186 valence electrons. The summed E-state index contributed by atoms with van der Waals surface area (Å²) in [5.41, 5.74) is 0.332. The SMILES string of the molecule is CCC1C(O)C2C3CCC(C(C)CCOS(=O)(=O)[O-])C3(C)CCC2C2(C)CCC(O)CC12.[Na+]. The molecular weight excluding hydrogens is 451 g/mol. The van der Waals surface area contributed by atoms with Crippen molar-refractivity contribution in [1.29, 1.82) is 0 Å². The van der Waals surface area contributed by atoms with Gasteiger partial charge in [-0.2, -0.15) is 0 Å². The summed E-state index contributed by atoms with van der Waals surface area (Å²) in [7, 11) is -4.64. The summed E-state index contributed by atoms with van der Waals surface area (Å²) in [6, 6.07) is 0. The van der Waals surface area contributed by atoms with Gasteiger partial charge in [-0.15, -0.1) is 0 Å². The minimum atomic E-state index is -4.64. The number of fused-ring (bicyclic) bond motifs is 5. The van der Waals surface area contributed by atoms with Crippen LogP contribution < -0.4 is 29.6 Å². The first-order valence-electron chi connectivity index (χ1n) is 12.9. The molecule has 0 spiro atoms. The third-order valence-corrected chi connectivity index (χ3v) is 11.4. The van der Waals surface area contributed by atoms with Crippen molar-refractivity contribution in [1.82, 2.24) is 0 Å². The van der Waals surface area contributed by atoms with Crippen molar-refractivity contribution in [3.63, 3.8) is 0 Å². The van der Waals surface area contributed by atoms with Crippen molar-refractivity contribution >= 4 is 10.4 Å². The smallest absolute Gasteiger partial charge is 0.726 e. The predicted octanol–water partition coefficient (Wildman–Crippen LogP) is 1.12. The van der Waals surface area contributed by atoms with E-state index in [1.54, 1.807) is 0 Å². The van der Waals surface area contributed by atoms with E-state index in [0.29, 0.717) is 36.0 Å². The normalized spacial score (nSPS) is 48.2. The number of hydrogen-bond donors (Lipinski definition) is 2. The van der Waals surface area contributed by atoms with Crippen LogP contribution in [0.4, 0.5) is 0 Å². The molecule has 4 fully saturated rings. The van der Waals surface area contributed by atoms with E-state index in [9.17, 15) is 23.2 Å². The third-order valence-electron chi connectivity index (χ3n) is 11.0. The summed E-state index contributed by atoms with van der Waals surface area (Å²) in [5, 5.41) is 22.1. The van der Waals surface area contributed by atoms with Crippen molar-refractivity contribution in [2.24, 2.45) is 52.3 Å². The minimum absolute atomic E-state index is 0.